The Bertz CT molecular complexity index is 3140. The highest BCUT2D eigenvalue weighted by atomic mass is 32.2. The molecule has 3 heterocycles. The number of Topliss-reactive ketones (excluding diaryl/α,β-unsaturated/α-hetero) is 2. The predicted octanol–water partition coefficient (Wildman–Crippen LogP) is 6.59. The maximum atomic E-state index is 14.8. The number of imidazole rings is 1. The number of carboxylic acid groups (broad SMARTS) is 1. The molecule has 6 amide bonds. The molecule has 0 unspecified atom stereocenters. The fourth-order valence-electron chi connectivity index (χ4n) is 9.78. The van der Waals surface area contributed by atoms with Gasteiger partial charge in [0.05, 0.1) is 40.4 Å². The number of aliphatic carboxylic acids is 1. The van der Waals surface area contributed by atoms with Gasteiger partial charge in [-0.05, 0) is 79.0 Å². The molecule has 0 spiro atoms. The maximum absolute atomic E-state index is 14.8. The molecule has 24 heteroatoms. The molecule has 2 aliphatic rings. The molecule has 1 aliphatic carbocycles. The van der Waals surface area contributed by atoms with Crippen molar-refractivity contribution in [1.82, 2.24) is 41.5 Å². The van der Waals surface area contributed by atoms with Gasteiger partial charge in [-0.2, -0.15) is 0 Å². The van der Waals surface area contributed by atoms with Gasteiger partial charge in [0.1, 0.15) is 16.7 Å². The van der Waals surface area contributed by atoms with Crippen LogP contribution in [-0.2, 0) is 49.5 Å². The van der Waals surface area contributed by atoms with Crippen LogP contribution in [0.5, 0.6) is 0 Å². The molecule has 2 aromatic heterocycles. The van der Waals surface area contributed by atoms with Crippen molar-refractivity contribution in [2.75, 3.05) is 30.8 Å². The van der Waals surface area contributed by atoms with Crippen LogP contribution < -0.4 is 31.9 Å². The van der Waals surface area contributed by atoms with Crippen LogP contribution in [0.15, 0.2) is 84.2 Å². The average molecular weight is 1160 g/mol. The van der Waals surface area contributed by atoms with Gasteiger partial charge in [-0.1, -0.05) is 61.9 Å². The number of fused-ring (bicyclic) bond motifs is 4. The topological polar surface area (TPSA) is 333 Å². The molecule has 22 nitrogen and oxygen atoms in total. The van der Waals surface area contributed by atoms with Crippen molar-refractivity contribution >= 4 is 103 Å². The van der Waals surface area contributed by atoms with Gasteiger partial charge in [0.25, 0.3) is 0 Å². The van der Waals surface area contributed by atoms with Gasteiger partial charge in [-0.25, -0.2) is 19.6 Å². The zero-order valence-corrected chi connectivity index (χ0v) is 47.6. The SMILES string of the molecule is CCC(=N)NC(=O)CC[C@H](NC(=O)OCC1c2ccccc2-c2ccccc21)C(=O)C[C@@H](Cc1cnc[nH]1)C(=O)N[C@@H](CCCCNC(C)=O)C(=O)C[C@@H](CCCCNC(C)=O)C(=O)Nc1ccc2nc(C3=N[C@@H](C(=O)O)CS3)sc2c1. The number of amidine groups is 1. The van der Waals surface area contributed by atoms with E-state index in [9.17, 15) is 48.3 Å². The number of carboxylic acids is 1. The number of benzene rings is 3. The maximum Gasteiger partial charge on any atom is 0.407 e. The first-order valence-corrected chi connectivity index (χ1v) is 29.2. The van der Waals surface area contributed by atoms with E-state index >= 15 is 0 Å². The van der Waals surface area contributed by atoms with Gasteiger partial charge in [0, 0.05) is 94.2 Å². The summed E-state index contributed by atoms with van der Waals surface area (Å²) in [6.45, 7) is 5.08. The standard InChI is InChI=1S/C58H69N11O11S2/c1-4-51(59)69-52(74)22-21-45(68-58(79)80-30-43-41-16-7-5-14-39(41)40-15-6-8-17-42(40)43)49(73)27-36(25-38-29-60-32-63-38)54(76)65-44(18-10-12-24-62-34(3)71)48(72)26-35(13-9-11-23-61-33(2)70)53(75)64-37-19-20-46-50(28-37)82-56(66-46)55-67-47(31-81-55)57(77)78/h5-8,14-17,19-20,28-29,32,35-36,43-45,47H,4,9-13,18,21-27,30-31H2,1-3H3,(H,60,63)(H,61,70)(H,62,71)(H,64,75)(H,65,76)(H,68,79)(H,77,78)(H2,59,69,74)/t35-,36-,44+,45+,47-/m1/s1. The van der Waals surface area contributed by atoms with Crippen molar-refractivity contribution in [3.63, 3.8) is 0 Å². The summed E-state index contributed by atoms with van der Waals surface area (Å²) in [5.74, 6) is -6.30. The summed E-state index contributed by atoms with van der Waals surface area (Å²) < 4.78 is 6.52. The first-order chi connectivity index (χ1) is 39.5. The first-order valence-electron chi connectivity index (χ1n) is 27.4. The van der Waals surface area contributed by atoms with E-state index in [1.807, 2.05) is 48.5 Å². The second-order valence-electron chi connectivity index (χ2n) is 20.3. The summed E-state index contributed by atoms with van der Waals surface area (Å²) in [6.07, 6.45) is 3.12. The summed E-state index contributed by atoms with van der Waals surface area (Å²) in [5, 5.41) is 35.0. The number of anilines is 1. The Hall–Kier alpha value is -8.12. The van der Waals surface area contributed by atoms with Crippen LogP contribution in [0.1, 0.15) is 119 Å². The number of carbonyl (C=O) groups is 9. The number of rotatable bonds is 31. The number of thioether (sulfide) groups is 1. The molecule has 3 aromatic carbocycles. The van der Waals surface area contributed by atoms with Crippen LogP contribution in [0, 0.1) is 17.2 Å². The number of hydrogen-bond donors (Lipinski definition) is 9. The zero-order chi connectivity index (χ0) is 58.7. The lowest BCUT2D eigenvalue weighted by molar-refractivity contribution is -0.138. The Labute approximate surface area is 482 Å². The number of ketones is 2. The number of alkyl carbamates (subject to hydrolysis) is 1. The van der Waals surface area contributed by atoms with E-state index in [2.05, 4.69) is 51.8 Å². The van der Waals surface area contributed by atoms with E-state index < -0.39 is 77.7 Å². The number of hydrogen-bond acceptors (Lipinski definition) is 16. The second-order valence-corrected chi connectivity index (χ2v) is 22.3. The highest BCUT2D eigenvalue weighted by molar-refractivity contribution is 8.15. The molecule has 1 aliphatic heterocycles. The van der Waals surface area contributed by atoms with Crippen LogP contribution in [0.2, 0.25) is 0 Å². The molecule has 0 saturated carbocycles. The van der Waals surface area contributed by atoms with Crippen molar-refractivity contribution < 1.29 is 53.0 Å². The van der Waals surface area contributed by atoms with Crippen LogP contribution in [0.4, 0.5) is 10.5 Å². The van der Waals surface area contributed by atoms with Crippen LogP contribution in [0.25, 0.3) is 21.3 Å². The van der Waals surface area contributed by atoms with Crippen LogP contribution in [0.3, 0.4) is 0 Å². The summed E-state index contributed by atoms with van der Waals surface area (Å²) in [5.41, 5.74) is 5.53. The molecular formula is C58H69N11O11S2. The van der Waals surface area contributed by atoms with Gasteiger partial charge in [-0.15, -0.1) is 23.1 Å². The molecule has 434 valence electrons. The fraction of sp³-hybridized carbons (Fsp3) is 0.431. The van der Waals surface area contributed by atoms with Gasteiger partial charge < -0.3 is 46.7 Å². The number of ether oxygens (including phenoxy) is 1. The minimum Gasteiger partial charge on any atom is -0.480 e. The Morgan fingerprint density at radius 3 is 2.06 bits per heavy atom. The van der Waals surface area contributed by atoms with Crippen molar-refractivity contribution in [2.24, 2.45) is 16.8 Å². The third-order valence-corrected chi connectivity index (χ3v) is 16.3. The average Bonchev–Trinajstić information content (AvgIpc) is 4.45. The van der Waals surface area contributed by atoms with Gasteiger partial charge >= 0.3 is 12.1 Å². The van der Waals surface area contributed by atoms with Crippen molar-refractivity contribution in [3.05, 3.63) is 101 Å². The molecule has 0 bridgehead atoms. The molecule has 0 saturated heterocycles. The molecule has 0 radical (unpaired) electrons. The fourth-order valence-corrected chi connectivity index (χ4v) is 11.9. The highest BCUT2D eigenvalue weighted by Crippen LogP contribution is 2.44. The van der Waals surface area contributed by atoms with E-state index in [0.29, 0.717) is 76.2 Å². The van der Waals surface area contributed by atoms with Crippen LogP contribution >= 0.6 is 23.1 Å². The van der Waals surface area contributed by atoms with Gasteiger partial charge in [0.15, 0.2) is 17.6 Å². The second kappa shape index (κ2) is 30.1. The van der Waals surface area contributed by atoms with Crippen LogP contribution in [-0.4, -0.2) is 128 Å². The van der Waals surface area contributed by atoms with E-state index in [0.717, 1.165) is 22.3 Å². The number of amides is 6. The number of thiazole rings is 1. The lowest BCUT2D eigenvalue weighted by Crippen LogP contribution is -2.47. The minimum absolute atomic E-state index is 0.0277. The highest BCUT2D eigenvalue weighted by Gasteiger charge is 2.35. The van der Waals surface area contributed by atoms with E-state index in [-0.39, 0.29) is 75.1 Å². The van der Waals surface area contributed by atoms with Gasteiger partial charge in [0.2, 0.25) is 29.5 Å². The quantitative estimate of drug-likeness (QED) is 0.0129. The lowest BCUT2D eigenvalue weighted by atomic mass is 9.89. The first kappa shape index (κ1) is 61.5. The Morgan fingerprint density at radius 1 is 0.793 bits per heavy atom. The number of nitrogens with zero attached hydrogens (tertiary/aromatic N) is 3. The summed E-state index contributed by atoms with van der Waals surface area (Å²) >= 11 is 2.61. The normalized spacial score (nSPS) is 14.9. The molecule has 5 aromatic rings. The monoisotopic (exact) mass is 1160 g/mol. The molecule has 5 atom stereocenters. The number of nitrogens with one attached hydrogen (secondary N) is 8. The van der Waals surface area contributed by atoms with E-state index in [4.69, 9.17) is 10.1 Å². The molecule has 7 rings (SSSR count). The third-order valence-electron chi connectivity index (χ3n) is 14.1. The Kier molecular flexibility index (Phi) is 22.6. The number of aliphatic imine (C=N–C) groups is 1. The smallest absolute Gasteiger partial charge is 0.407 e. The molecule has 82 heavy (non-hydrogen) atoms. The third kappa shape index (κ3) is 17.7. The number of unbranched alkanes of at least 4 members (excludes halogenated alkanes) is 2. The summed E-state index contributed by atoms with van der Waals surface area (Å²) in [4.78, 5) is 136. The van der Waals surface area contributed by atoms with Crippen molar-refractivity contribution in [1.29, 1.82) is 5.41 Å². The van der Waals surface area contributed by atoms with E-state index in [1.54, 1.807) is 25.1 Å². The molecule has 9 N–H and O–H groups in total. The largest absolute Gasteiger partial charge is 0.480 e. The number of aromatic nitrogens is 3. The number of H-pyrrole nitrogens is 1. The number of aromatic amines is 1. The zero-order valence-electron chi connectivity index (χ0n) is 46.0. The lowest BCUT2D eigenvalue weighted by Gasteiger charge is -2.25. The van der Waals surface area contributed by atoms with Crippen molar-refractivity contribution in [2.45, 2.75) is 122 Å². The minimum atomic E-state index is -1.32. The van der Waals surface area contributed by atoms with E-state index in [1.165, 1.54) is 49.5 Å². The number of carbonyl (C=O) groups excluding carboxylic acids is 8. The predicted molar refractivity (Wildman–Crippen MR) is 312 cm³/mol. The molecular weight excluding hydrogens is 1090 g/mol. The van der Waals surface area contributed by atoms with Crippen molar-refractivity contribution in [3.8, 4) is 11.1 Å². The van der Waals surface area contributed by atoms with Gasteiger partial charge in [-0.3, -0.25) is 44.0 Å². The summed E-state index contributed by atoms with van der Waals surface area (Å²) in [6, 6.07) is 17.4. The molecule has 0 fully saturated rings. The summed E-state index contributed by atoms with van der Waals surface area (Å²) in [7, 11) is 0. The Morgan fingerprint density at radius 2 is 1.44 bits per heavy atom. The Balaban J connectivity index is 1.09.